The number of carbonyl (C=O) groups is 1. The van der Waals surface area contributed by atoms with Gasteiger partial charge in [0.25, 0.3) is 0 Å². The predicted octanol–water partition coefficient (Wildman–Crippen LogP) is 2.46. The molecule has 0 unspecified atom stereocenters. The molecule has 14 nitrogen and oxygen atoms in total. The number of nitrogens with one attached hydrogen (secondary N) is 1. The maximum Gasteiger partial charge on any atom is 1.00 e. The minimum atomic E-state index is -5.12. The normalized spacial score (nSPS) is 26.4. The van der Waals surface area contributed by atoms with E-state index < -0.39 is 85.6 Å². The van der Waals surface area contributed by atoms with Crippen molar-refractivity contribution >= 4 is 5.91 Å². The van der Waals surface area contributed by atoms with Crippen LogP contribution in [0.1, 0.15) is 144 Å². The van der Waals surface area contributed by atoms with Crippen molar-refractivity contribution in [2.45, 2.75) is 217 Å². The van der Waals surface area contributed by atoms with Gasteiger partial charge in [0.1, 0.15) is 42.7 Å². The van der Waals surface area contributed by atoms with Crippen LogP contribution >= 0.6 is 0 Å². The molecule has 0 radical (unpaired) electrons. The van der Waals surface area contributed by atoms with Crippen LogP contribution in [0.4, 0.5) is 13.2 Å². The van der Waals surface area contributed by atoms with E-state index in [4.69, 9.17) is 34.2 Å². The van der Waals surface area contributed by atoms with E-state index in [1.54, 1.807) is 26.8 Å². The van der Waals surface area contributed by atoms with E-state index in [1.807, 2.05) is 12.2 Å². The number of hydrogen-bond acceptors (Lipinski definition) is 13. The molecule has 62 heavy (non-hydrogen) atoms. The molecule has 2 saturated heterocycles. The molecule has 0 aliphatic carbocycles. The van der Waals surface area contributed by atoms with Crippen LogP contribution < -0.4 is 67.5 Å². The van der Waals surface area contributed by atoms with Crippen LogP contribution in [-0.2, 0) is 33.2 Å². The minimum absolute atomic E-state index is 0. The van der Waals surface area contributed by atoms with Crippen LogP contribution in [0.2, 0.25) is 0 Å². The number of alkyl halides is 3. The molecule has 10 atom stereocenters. The van der Waals surface area contributed by atoms with Gasteiger partial charge in [0.15, 0.2) is 6.29 Å². The van der Waals surface area contributed by atoms with Gasteiger partial charge in [-0.1, -0.05) is 137 Å². The van der Waals surface area contributed by atoms with Gasteiger partial charge < -0.3 is 65.0 Å². The standard InChI is InChI=1S/C21H36F3NO6.C19H37NO5.C4H9O.K/c1-3-5-6-7-8-9-10-11-13-29-18-16(25-20(28)21(22,23)24)19(30-12-4-2)31-15(14-26)17(18)27;1-3-5-6-7-8-9-10-11-13-23-18-16(20)19(24-12-4-2)25-15(14-21)17(18)22;1-4(2,3)5;/h4,15-19,26-27H,2-3,5-14H2,1H3,(H,25,28);4,12,15-19,21-22H,3,5-11,13-14,20H2,1-2H3;1-3H3;/q;;-1;+1/b;12-4-;;/t2*15-,16-,17-,18-,19+;;/m11../s1. The minimum Gasteiger partial charge on any atom is -0.850 e. The molecule has 0 aromatic heterocycles. The Kier molecular flexibility index (Phi) is 38.9. The molecule has 362 valence electrons. The molecular formula is C44H82F3KN2O12. The number of halogens is 3. The second-order valence-corrected chi connectivity index (χ2v) is 16.5. The maximum absolute atomic E-state index is 12.8. The monoisotopic (exact) mass is 927 g/mol. The zero-order valence-electron chi connectivity index (χ0n) is 38.8. The average molecular weight is 927 g/mol. The molecular weight excluding hydrogens is 845 g/mol. The number of nitrogens with two attached hydrogens (primary N) is 1. The Morgan fingerprint density at radius 2 is 1.16 bits per heavy atom. The molecule has 2 fully saturated rings. The van der Waals surface area contributed by atoms with Gasteiger partial charge in [-0.15, -0.1) is 12.2 Å². The number of hydrogen-bond donors (Lipinski definition) is 6. The summed E-state index contributed by atoms with van der Waals surface area (Å²) < 4.78 is 71.5. The number of unbranched alkanes of at least 4 members (excludes halogenated alkanes) is 14. The van der Waals surface area contributed by atoms with Crippen LogP contribution in [0.5, 0.6) is 0 Å². The Morgan fingerprint density at radius 1 is 0.758 bits per heavy atom. The number of amides is 1. The van der Waals surface area contributed by atoms with Gasteiger partial charge >= 0.3 is 63.5 Å². The summed E-state index contributed by atoms with van der Waals surface area (Å²) >= 11 is 0. The van der Waals surface area contributed by atoms with Gasteiger partial charge in [-0.3, -0.25) is 4.79 Å². The van der Waals surface area contributed by atoms with E-state index in [2.05, 4.69) is 20.4 Å². The van der Waals surface area contributed by atoms with Crippen molar-refractivity contribution in [1.29, 1.82) is 0 Å². The Morgan fingerprint density at radius 3 is 1.56 bits per heavy atom. The SMILES string of the molecule is C/C=C\O[C@H]1O[C@H](CO)[C@@H](O)[C@H](OCCCCCCCCCC)[C@H]1N.C=CCO[C@H]1O[C@H](CO)[C@@H](O)[C@H](OCCCCCCCCCC)[C@H]1NC(=O)C(F)(F)F.CC(C)(C)[O-].[K+]. The van der Waals surface area contributed by atoms with Crippen molar-refractivity contribution in [3.05, 3.63) is 25.0 Å². The molecule has 0 saturated carbocycles. The van der Waals surface area contributed by atoms with E-state index in [0.29, 0.717) is 13.0 Å². The van der Waals surface area contributed by atoms with E-state index in [0.717, 1.165) is 32.1 Å². The van der Waals surface area contributed by atoms with E-state index in [1.165, 1.54) is 76.5 Å². The van der Waals surface area contributed by atoms with Crippen LogP contribution in [-0.4, -0.2) is 132 Å². The topological polar surface area (TPSA) is 214 Å². The Hall–Kier alpha value is -0.264. The summed E-state index contributed by atoms with van der Waals surface area (Å²) in [6.45, 7) is 14.3. The molecule has 0 bridgehead atoms. The first-order valence-electron chi connectivity index (χ1n) is 22.4. The first-order valence-corrected chi connectivity index (χ1v) is 22.4. The number of ether oxygens (including phenoxy) is 6. The summed E-state index contributed by atoms with van der Waals surface area (Å²) in [6.07, 6.45) is 9.43. The predicted molar refractivity (Wildman–Crippen MR) is 226 cm³/mol. The molecule has 0 aromatic carbocycles. The van der Waals surface area contributed by atoms with Crippen molar-refractivity contribution < 1.29 is 123 Å². The smallest absolute Gasteiger partial charge is 0.850 e. The molecule has 18 heteroatoms. The second kappa shape index (κ2) is 37.8. The summed E-state index contributed by atoms with van der Waals surface area (Å²) in [5.74, 6) is -2.19. The molecule has 2 rings (SSSR count). The average Bonchev–Trinajstić information content (AvgIpc) is 3.20. The fraction of sp³-hybridized carbons (Fsp3) is 0.886. The van der Waals surface area contributed by atoms with Gasteiger partial charge in [0.2, 0.25) is 6.29 Å². The largest absolute Gasteiger partial charge is 1.00 e. The van der Waals surface area contributed by atoms with Crippen molar-refractivity contribution in [2.75, 3.05) is 33.0 Å². The molecule has 7 N–H and O–H groups in total. The fourth-order valence-electron chi connectivity index (χ4n) is 6.45. The van der Waals surface area contributed by atoms with Gasteiger partial charge in [0, 0.05) is 13.2 Å². The van der Waals surface area contributed by atoms with Crippen LogP contribution in [0.15, 0.2) is 25.0 Å². The first-order chi connectivity index (χ1) is 28.9. The Labute approximate surface area is 412 Å². The van der Waals surface area contributed by atoms with Crippen LogP contribution in [0.25, 0.3) is 0 Å². The number of rotatable bonds is 28. The summed E-state index contributed by atoms with van der Waals surface area (Å²) in [7, 11) is 0. The second-order valence-electron chi connectivity index (χ2n) is 16.5. The zero-order chi connectivity index (χ0) is 46.3. The number of aliphatic hydroxyl groups is 4. The van der Waals surface area contributed by atoms with Crippen LogP contribution in [0.3, 0.4) is 0 Å². The molecule has 2 heterocycles. The van der Waals surface area contributed by atoms with Crippen molar-refractivity contribution in [1.82, 2.24) is 5.32 Å². The van der Waals surface area contributed by atoms with E-state index >= 15 is 0 Å². The van der Waals surface area contributed by atoms with E-state index in [9.17, 15) is 43.5 Å². The van der Waals surface area contributed by atoms with Crippen molar-refractivity contribution in [3.63, 3.8) is 0 Å². The number of carbonyl (C=O) groups excluding carboxylic acids is 1. The summed E-state index contributed by atoms with van der Waals surface area (Å²) in [4.78, 5) is 11.5. The molecule has 0 aromatic rings. The molecule has 2 aliphatic rings. The third-order valence-corrected chi connectivity index (χ3v) is 9.65. The maximum atomic E-state index is 12.8. The number of aliphatic hydroxyl groups excluding tert-OH is 4. The third-order valence-electron chi connectivity index (χ3n) is 9.65. The summed E-state index contributed by atoms with van der Waals surface area (Å²) in [6, 6.07) is -2.02. The Balaban J connectivity index is 0. The zero-order valence-corrected chi connectivity index (χ0v) is 42.0. The summed E-state index contributed by atoms with van der Waals surface area (Å²) in [5, 5.41) is 51.5. The van der Waals surface area contributed by atoms with E-state index in [-0.39, 0.29) is 71.2 Å². The van der Waals surface area contributed by atoms with Crippen LogP contribution in [0, 0.1) is 0 Å². The van der Waals surface area contributed by atoms with Crippen molar-refractivity contribution in [3.8, 4) is 0 Å². The first kappa shape index (κ1) is 63.8. The molecule has 1 amide bonds. The molecule has 2 aliphatic heterocycles. The Bertz CT molecular complexity index is 1120. The number of allylic oxidation sites excluding steroid dienone is 1. The van der Waals surface area contributed by atoms with Gasteiger partial charge in [-0.2, -0.15) is 13.2 Å². The molecule has 0 spiro atoms. The van der Waals surface area contributed by atoms with Gasteiger partial charge in [-0.25, -0.2) is 0 Å². The van der Waals surface area contributed by atoms with Crippen molar-refractivity contribution in [2.24, 2.45) is 5.73 Å². The van der Waals surface area contributed by atoms with Gasteiger partial charge in [-0.05, 0) is 19.8 Å². The third kappa shape index (κ3) is 29.4. The fourth-order valence-corrected chi connectivity index (χ4v) is 6.45. The quantitative estimate of drug-likeness (QED) is 0.0289. The summed E-state index contributed by atoms with van der Waals surface area (Å²) in [5.41, 5.74) is 5.38. The van der Waals surface area contributed by atoms with Gasteiger partial charge in [0.05, 0.1) is 32.1 Å².